The number of benzene rings is 2. The number of hydrogen-bond donors (Lipinski definition) is 1. The summed E-state index contributed by atoms with van der Waals surface area (Å²) >= 11 is 1.68. The van der Waals surface area contributed by atoms with Gasteiger partial charge in [-0.25, -0.2) is 4.98 Å². The number of aromatic nitrogens is 1. The molecule has 26 heavy (non-hydrogen) atoms. The highest BCUT2D eigenvalue weighted by atomic mass is 32.1. The first-order valence-corrected chi connectivity index (χ1v) is 9.33. The predicted molar refractivity (Wildman–Crippen MR) is 104 cm³/mol. The Hall–Kier alpha value is -2.60. The lowest BCUT2D eigenvalue weighted by molar-refractivity contribution is -0.121. The summed E-state index contributed by atoms with van der Waals surface area (Å²) in [5, 5.41) is 4.02. The van der Waals surface area contributed by atoms with Crippen LogP contribution in [0.1, 0.15) is 17.0 Å². The minimum atomic E-state index is 0.0425. The van der Waals surface area contributed by atoms with Crippen molar-refractivity contribution in [3.05, 3.63) is 53.0 Å². The number of amides is 1. The molecule has 0 bridgehead atoms. The van der Waals surface area contributed by atoms with Gasteiger partial charge in [-0.1, -0.05) is 18.2 Å². The lowest BCUT2D eigenvalue weighted by atomic mass is 10.1. The molecule has 1 amide bonds. The fourth-order valence-electron chi connectivity index (χ4n) is 2.72. The van der Waals surface area contributed by atoms with Crippen LogP contribution in [-0.2, 0) is 17.6 Å². The lowest BCUT2D eigenvalue weighted by Crippen LogP contribution is -2.25. The van der Waals surface area contributed by atoms with Crippen LogP contribution in [0.25, 0.3) is 10.2 Å². The highest BCUT2D eigenvalue weighted by molar-refractivity contribution is 7.18. The van der Waals surface area contributed by atoms with Crippen molar-refractivity contribution in [2.45, 2.75) is 19.3 Å². The molecule has 0 aliphatic carbocycles. The fraction of sp³-hybridized carbons (Fsp3) is 0.300. The van der Waals surface area contributed by atoms with Gasteiger partial charge in [0, 0.05) is 19.4 Å². The highest BCUT2D eigenvalue weighted by Crippen LogP contribution is 2.28. The molecular formula is C20H22N2O3S. The largest absolute Gasteiger partial charge is 0.493 e. The summed E-state index contributed by atoms with van der Waals surface area (Å²) in [6.45, 7) is 0.602. The third kappa shape index (κ3) is 4.52. The van der Waals surface area contributed by atoms with E-state index >= 15 is 0 Å². The molecule has 2 aromatic carbocycles. The van der Waals surface area contributed by atoms with Crippen molar-refractivity contribution < 1.29 is 14.3 Å². The normalized spacial score (nSPS) is 10.7. The summed E-state index contributed by atoms with van der Waals surface area (Å²) < 4.78 is 11.7. The number of nitrogens with one attached hydrogen (secondary N) is 1. The molecule has 0 spiro atoms. The maximum absolute atomic E-state index is 12.1. The first-order chi connectivity index (χ1) is 12.7. The van der Waals surface area contributed by atoms with Crippen molar-refractivity contribution in [2.75, 3.05) is 20.8 Å². The van der Waals surface area contributed by atoms with E-state index in [1.54, 1.807) is 25.6 Å². The number of hydrogen-bond acceptors (Lipinski definition) is 5. The van der Waals surface area contributed by atoms with Gasteiger partial charge in [-0.15, -0.1) is 11.3 Å². The second kappa shape index (κ2) is 8.67. The molecule has 0 fully saturated rings. The minimum Gasteiger partial charge on any atom is -0.493 e. The summed E-state index contributed by atoms with van der Waals surface area (Å²) in [5.41, 5.74) is 2.07. The monoisotopic (exact) mass is 370 g/mol. The summed E-state index contributed by atoms with van der Waals surface area (Å²) in [6, 6.07) is 13.8. The van der Waals surface area contributed by atoms with E-state index < -0.39 is 0 Å². The number of thiazole rings is 1. The van der Waals surface area contributed by atoms with E-state index in [-0.39, 0.29) is 5.91 Å². The standard InChI is InChI=1S/C20H22N2O3S/c1-24-16-9-7-14(13-17(16)25-2)8-10-19(23)21-12-11-20-22-15-5-3-4-6-18(15)26-20/h3-7,9,13H,8,10-12H2,1-2H3,(H,21,23). The van der Waals surface area contributed by atoms with Gasteiger partial charge in [0.15, 0.2) is 11.5 Å². The Balaban J connectivity index is 1.45. The third-order valence-electron chi connectivity index (χ3n) is 4.09. The zero-order chi connectivity index (χ0) is 18.4. The number of carbonyl (C=O) groups is 1. The molecule has 3 rings (SSSR count). The highest BCUT2D eigenvalue weighted by Gasteiger charge is 2.08. The molecule has 136 valence electrons. The van der Waals surface area contributed by atoms with Crippen LogP contribution in [0.5, 0.6) is 11.5 Å². The molecule has 0 saturated carbocycles. The summed E-state index contributed by atoms with van der Waals surface area (Å²) in [6.07, 6.45) is 1.85. The number of ether oxygens (including phenoxy) is 2. The number of carbonyl (C=O) groups excluding carboxylic acids is 1. The Morgan fingerprint density at radius 3 is 2.65 bits per heavy atom. The van der Waals surface area contributed by atoms with Crippen LogP contribution in [0, 0.1) is 0 Å². The average molecular weight is 370 g/mol. The molecule has 0 unspecified atom stereocenters. The summed E-state index contributed by atoms with van der Waals surface area (Å²) in [7, 11) is 3.22. The van der Waals surface area contributed by atoms with Crippen molar-refractivity contribution in [1.82, 2.24) is 10.3 Å². The van der Waals surface area contributed by atoms with Crippen molar-refractivity contribution >= 4 is 27.5 Å². The smallest absolute Gasteiger partial charge is 0.220 e. The molecule has 0 atom stereocenters. The second-order valence-electron chi connectivity index (χ2n) is 5.86. The van der Waals surface area contributed by atoms with E-state index in [9.17, 15) is 4.79 Å². The van der Waals surface area contributed by atoms with Gasteiger partial charge in [-0.05, 0) is 36.2 Å². The van der Waals surface area contributed by atoms with E-state index in [0.29, 0.717) is 30.9 Å². The molecule has 6 heteroatoms. The van der Waals surface area contributed by atoms with E-state index in [0.717, 1.165) is 22.5 Å². The van der Waals surface area contributed by atoms with Gasteiger partial charge < -0.3 is 14.8 Å². The van der Waals surface area contributed by atoms with Gasteiger partial charge >= 0.3 is 0 Å². The van der Waals surface area contributed by atoms with Gasteiger partial charge in [0.1, 0.15) is 0 Å². The van der Waals surface area contributed by atoms with Gasteiger partial charge in [0.05, 0.1) is 29.4 Å². The molecule has 1 N–H and O–H groups in total. The van der Waals surface area contributed by atoms with Crippen molar-refractivity contribution in [3.63, 3.8) is 0 Å². The number of rotatable bonds is 8. The Labute approximate surface area is 157 Å². The topological polar surface area (TPSA) is 60.5 Å². The maximum atomic E-state index is 12.1. The van der Waals surface area contributed by atoms with E-state index in [1.165, 1.54) is 4.70 Å². The van der Waals surface area contributed by atoms with Crippen LogP contribution in [0.2, 0.25) is 0 Å². The number of para-hydroxylation sites is 1. The Kier molecular flexibility index (Phi) is 6.07. The third-order valence-corrected chi connectivity index (χ3v) is 5.18. The molecule has 1 heterocycles. The fourth-order valence-corrected chi connectivity index (χ4v) is 3.68. The number of nitrogens with zero attached hydrogens (tertiary/aromatic N) is 1. The lowest BCUT2D eigenvalue weighted by Gasteiger charge is -2.09. The number of fused-ring (bicyclic) bond motifs is 1. The van der Waals surface area contributed by atoms with Gasteiger partial charge in [0.25, 0.3) is 0 Å². The second-order valence-corrected chi connectivity index (χ2v) is 6.98. The SMILES string of the molecule is COc1ccc(CCC(=O)NCCc2nc3ccccc3s2)cc1OC. The Morgan fingerprint density at radius 1 is 1.08 bits per heavy atom. The minimum absolute atomic E-state index is 0.0425. The van der Waals surface area contributed by atoms with Crippen LogP contribution in [0.3, 0.4) is 0 Å². The van der Waals surface area contributed by atoms with Crippen LogP contribution in [0.4, 0.5) is 0 Å². The van der Waals surface area contributed by atoms with Crippen LogP contribution >= 0.6 is 11.3 Å². The Bertz CT molecular complexity index is 859. The maximum Gasteiger partial charge on any atom is 0.220 e. The van der Waals surface area contributed by atoms with Crippen LogP contribution < -0.4 is 14.8 Å². The predicted octanol–water partition coefficient (Wildman–Crippen LogP) is 3.61. The molecule has 0 saturated heterocycles. The zero-order valence-electron chi connectivity index (χ0n) is 15.0. The molecule has 0 aliphatic rings. The first-order valence-electron chi connectivity index (χ1n) is 8.51. The van der Waals surface area contributed by atoms with Crippen LogP contribution in [-0.4, -0.2) is 31.7 Å². The Morgan fingerprint density at radius 2 is 1.88 bits per heavy atom. The van der Waals surface area contributed by atoms with Gasteiger partial charge in [-0.2, -0.15) is 0 Å². The summed E-state index contributed by atoms with van der Waals surface area (Å²) in [5.74, 6) is 1.42. The van der Waals surface area contributed by atoms with Crippen molar-refractivity contribution in [3.8, 4) is 11.5 Å². The molecule has 0 radical (unpaired) electrons. The van der Waals surface area contributed by atoms with E-state index in [4.69, 9.17) is 9.47 Å². The van der Waals surface area contributed by atoms with E-state index in [2.05, 4.69) is 16.4 Å². The average Bonchev–Trinajstić information content (AvgIpc) is 3.08. The van der Waals surface area contributed by atoms with E-state index in [1.807, 2.05) is 36.4 Å². The van der Waals surface area contributed by atoms with Crippen molar-refractivity contribution in [1.29, 1.82) is 0 Å². The van der Waals surface area contributed by atoms with Crippen molar-refractivity contribution in [2.24, 2.45) is 0 Å². The molecule has 0 aliphatic heterocycles. The quantitative estimate of drug-likeness (QED) is 0.658. The molecule has 5 nitrogen and oxygen atoms in total. The zero-order valence-corrected chi connectivity index (χ0v) is 15.8. The van der Waals surface area contributed by atoms with Crippen LogP contribution in [0.15, 0.2) is 42.5 Å². The first kappa shape index (κ1) is 18.2. The molecular weight excluding hydrogens is 348 g/mol. The molecule has 1 aromatic heterocycles. The summed E-state index contributed by atoms with van der Waals surface area (Å²) in [4.78, 5) is 16.7. The van der Waals surface area contributed by atoms with Gasteiger partial charge in [0.2, 0.25) is 5.91 Å². The van der Waals surface area contributed by atoms with Gasteiger partial charge in [-0.3, -0.25) is 4.79 Å². The number of methoxy groups -OCH3 is 2. The molecule has 3 aromatic rings. The number of aryl methyl sites for hydroxylation is 1.